The zero-order chi connectivity index (χ0) is 24.7. The number of thiocarbonyl (C=S) groups is 1. The van der Waals surface area contributed by atoms with Crippen molar-refractivity contribution in [2.45, 2.75) is 32.9 Å². The molecule has 0 saturated carbocycles. The van der Waals surface area contributed by atoms with Gasteiger partial charge in [-0.3, -0.25) is 4.98 Å². The summed E-state index contributed by atoms with van der Waals surface area (Å²) in [6, 6.07) is 25.5. The SMILES string of the molecule is Cc1cccc(N2C(=S)N[C@@H](c3ccccn3)[C@H]2c2cc(C)n(-c3ccc(N(C)C)cc3)c2C)c1. The predicted octanol–water partition coefficient (Wildman–Crippen LogP) is 6.04. The molecule has 1 aliphatic heterocycles. The van der Waals surface area contributed by atoms with E-state index in [4.69, 9.17) is 17.2 Å². The van der Waals surface area contributed by atoms with Crippen LogP contribution in [0.5, 0.6) is 0 Å². The molecule has 1 N–H and O–H groups in total. The second-order valence-corrected chi connectivity index (χ2v) is 9.80. The van der Waals surface area contributed by atoms with Crippen LogP contribution in [0.15, 0.2) is 79.0 Å². The third kappa shape index (κ3) is 4.19. The van der Waals surface area contributed by atoms with Crippen molar-refractivity contribution in [3.63, 3.8) is 0 Å². The van der Waals surface area contributed by atoms with Gasteiger partial charge in [-0.25, -0.2) is 0 Å². The minimum Gasteiger partial charge on any atom is -0.378 e. The monoisotopic (exact) mass is 481 g/mol. The van der Waals surface area contributed by atoms with Crippen LogP contribution in [-0.4, -0.2) is 28.8 Å². The fraction of sp³-hybridized carbons (Fsp3) is 0.241. The molecule has 3 heterocycles. The molecule has 1 aliphatic rings. The fourth-order valence-electron chi connectivity index (χ4n) is 5.11. The van der Waals surface area contributed by atoms with Crippen LogP contribution in [0.25, 0.3) is 5.69 Å². The average molecular weight is 482 g/mol. The van der Waals surface area contributed by atoms with Gasteiger partial charge in [-0.15, -0.1) is 0 Å². The highest BCUT2D eigenvalue weighted by Crippen LogP contribution is 2.43. The largest absolute Gasteiger partial charge is 0.378 e. The molecule has 0 spiro atoms. The summed E-state index contributed by atoms with van der Waals surface area (Å²) in [6.45, 7) is 6.49. The molecule has 2 aromatic heterocycles. The molecule has 178 valence electrons. The summed E-state index contributed by atoms with van der Waals surface area (Å²) in [5.74, 6) is 0. The minimum absolute atomic E-state index is 0.0276. The van der Waals surface area contributed by atoms with Gasteiger partial charge in [0, 0.05) is 48.7 Å². The lowest BCUT2D eigenvalue weighted by molar-refractivity contribution is 0.565. The van der Waals surface area contributed by atoms with Crippen molar-refractivity contribution in [3.05, 3.63) is 107 Å². The Bertz CT molecular complexity index is 1360. The topological polar surface area (TPSA) is 36.3 Å². The van der Waals surface area contributed by atoms with Crippen molar-refractivity contribution >= 4 is 28.7 Å². The van der Waals surface area contributed by atoms with Crippen LogP contribution in [0.3, 0.4) is 0 Å². The zero-order valence-electron chi connectivity index (χ0n) is 20.9. The van der Waals surface area contributed by atoms with Crippen molar-refractivity contribution in [3.8, 4) is 5.69 Å². The molecule has 2 atom stereocenters. The quantitative estimate of drug-likeness (QED) is 0.352. The number of hydrogen-bond donors (Lipinski definition) is 1. The fourth-order valence-corrected chi connectivity index (χ4v) is 5.46. The standard InChI is InChI=1S/C29H31N5S/c1-19-9-8-10-24(17-19)34-28(27(31-29(34)35)26-11-6-7-16-30-26)25-18-20(2)33(21(25)3)23-14-12-22(13-15-23)32(4)5/h6-18,27-28H,1-5H3,(H,31,35)/t27-,28+/m0/s1. The molecule has 0 radical (unpaired) electrons. The van der Waals surface area contributed by atoms with Gasteiger partial charge in [0.2, 0.25) is 0 Å². The van der Waals surface area contributed by atoms with Gasteiger partial charge in [-0.05, 0) is 98.7 Å². The number of benzene rings is 2. The van der Waals surface area contributed by atoms with E-state index in [0.717, 1.165) is 22.2 Å². The van der Waals surface area contributed by atoms with Crippen LogP contribution < -0.4 is 15.1 Å². The maximum Gasteiger partial charge on any atom is 0.174 e. The van der Waals surface area contributed by atoms with Crippen LogP contribution >= 0.6 is 12.2 Å². The van der Waals surface area contributed by atoms with Gasteiger partial charge in [0.05, 0.1) is 17.8 Å². The lowest BCUT2D eigenvalue weighted by Crippen LogP contribution is -2.29. The molecular formula is C29H31N5S. The second kappa shape index (κ2) is 9.19. The average Bonchev–Trinajstić information content (AvgIpc) is 3.34. The van der Waals surface area contributed by atoms with Crippen LogP contribution in [0, 0.1) is 20.8 Å². The van der Waals surface area contributed by atoms with E-state index in [2.05, 4.69) is 115 Å². The molecule has 4 aromatic rings. The summed E-state index contributed by atoms with van der Waals surface area (Å²) in [6.07, 6.45) is 1.85. The third-order valence-corrected chi connectivity index (χ3v) is 7.11. The Morgan fingerprint density at radius 2 is 1.66 bits per heavy atom. The van der Waals surface area contributed by atoms with Crippen molar-refractivity contribution < 1.29 is 0 Å². The van der Waals surface area contributed by atoms with E-state index >= 15 is 0 Å². The van der Waals surface area contributed by atoms with Gasteiger partial charge < -0.3 is 19.7 Å². The molecule has 0 bridgehead atoms. The Hall–Kier alpha value is -3.64. The number of nitrogens with zero attached hydrogens (tertiary/aromatic N) is 4. The van der Waals surface area contributed by atoms with E-state index in [-0.39, 0.29) is 12.1 Å². The number of rotatable bonds is 5. The van der Waals surface area contributed by atoms with E-state index in [1.54, 1.807) is 0 Å². The van der Waals surface area contributed by atoms with Gasteiger partial charge in [-0.1, -0.05) is 18.2 Å². The summed E-state index contributed by atoms with van der Waals surface area (Å²) >= 11 is 5.91. The smallest absolute Gasteiger partial charge is 0.174 e. The number of hydrogen-bond acceptors (Lipinski definition) is 3. The molecule has 0 aliphatic carbocycles. The lowest BCUT2D eigenvalue weighted by Gasteiger charge is -2.28. The Morgan fingerprint density at radius 1 is 0.886 bits per heavy atom. The minimum atomic E-state index is -0.0609. The normalized spacial score (nSPS) is 17.5. The Balaban J connectivity index is 1.65. The molecule has 0 amide bonds. The van der Waals surface area contributed by atoms with Crippen molar-refractivity contribution in [2.24, 2.45) is 0 Å². The molecule has 35 heavy (non-hydrogen) atoms. The second-order valence-electron chi connectivity index (χ2n) is 9.41. The molecule has 5 nitrogen and oxygen atoms in total. The summed E-state index contributed by atoms with van der Waals surface area (Å²) in [4.78, 5) is 9.07. The highest BCUT2D eigenvalue weighted by atomic mass is 32.1. The first-order valence-electron chi connectivity index (χ1n) is 11.9. The highest BCUT2D eigenvalue weighted by Gasteiger charge is 2.42. The number of aryl methyl sites for hydroxylation is 2. The molecule has 1 saturated heterocycles. The maximum absolute atomic E-state index is 5.91. The zero-order valence-corrected chi connectivity index (χ0v) is 21.7. The number of nitrogens with one attached hydrogen (secondary N) is 1. The maximum atomic E-state index is 5.91. The van der Waals surface area contributed by atoms with Crippen molar-refractivity contribution in [1.29, 1.82) is 0 Å². The first-order chi connectivity index (χ1) is 16.8. The van der Waals surface area contributed by atoms with Crippen molar-refractivity contribution in [2.75, 3.05) is 23.9 Å². The Kier molecular flexibility index (Phi) is 6.07. The van der Waals surface area contributed by atoms with Crippen molar-refractivity contribution in [1.82, 2.24) is 14.9 Å². The van der Waals surface area contributed by atoms with E-state index in [0.29, 0.717) is 0 Å². The molecule has 2 aromatic carbocycles. The van der Waals surface area contributed by atoms with E-state index in [1.165, 1.54) is 28.2 Å². The van der Waals surface area contributed by atoms with E-state index < -0.39 is 0 Å². The van der Waals surface area contributed by atoms with E-state index in [1.807, 2.05) is 18.3 Å². The highest BCUT2D eigenvalue weighted by molar-refractivity contribution is 7.80. The van der Waals surface area contributed by atoms with Crippen LogP contribution in [0.1, 0.15) is 40.3 Å². The number of anilines is 2. The summed E-state index contributed by atoms with van der Waals surface area (Å²) in [5.41, 5.74) is 9.25. The molecule has 5 rings (SSSR count). The van der Waals surface area contributed by atoms with Gasteiger partial charge in [-0.2, -0.15) is 0 Å². The lowest BCUT2D eigenvalue weighted by atomic mass is 9.96. The van der Waals surface area contributed by atoms with Gasteiger partial charge in [0.25, 0.3) is 0 Å². The molecular weight excluding hydrogens is 450 g/mol. The van der Waals surface area contributed by atoms with Crippen LogP contribution in [-0.2, 0) is 0 Å². The first kappa shape index (κ1) is 23.1. The Morgan fingerprint density at radius 3 is 2.31 bits per heavy atom. The summed E-state index contributed by atoms with van der Waals surface area (Å²) < 4.78 is 2.33. The summed E-state index contributed by atoms with van der Waals surface area (Å²) in [5, 5.41) is 4.30. The summed E-state index contributed by atoms with van der Waals surface area (Å²) in [7, 11) is 4.12. The predicted molar refractivity (Wildman–Crippen MR) is 149 cm³/mol. The molecule has 1 fully saturated rings. The molecule has 0 unspecified atom stereocenters. The number of pyridine rings is 1. The third-order valence-electron chi connectivity index (χ3n) is 6.79. The van der Waals surface area contributed by atoms with Gasteiger partial charge >= 0.3 is 0 Å². The molecule has 6 heteroatoms. The van der Waals surface area contributed by atoms with Gasteiger partial charge in [0.1, 0.15) is 0 Å². The van der Waals surface area contributed by atoms with Crippen LogP contribution in [0.4, 0.5) is 11.4 Å². The van der Waals surface area contributed by atoms with Crippen LogP contribution in [0.2, 0.25) is 0 Å². The number of aromatic nitrogens is 2. The first-order valence-corrected chi connectivity index (χ1v) is 12.3. The van der Waals surface area contributed by atoms with E-state index in [9.17, 15) is 0 Å². The van der Waals surface area contributed by atoms with Gasteiger partial charge in [0.15, 0.2) is 5.11 Å². The Labute approximate surface area is 213 Å².